The van der Waals surface area contributed by atoms with Gasteiger partial charge in [-0.05, 0) is 54.7 Å². The molecule has 136 valence electrons. The van der Waals surface area contributed by atoms with Crippen LogP contribution >= 0.6 is 35.4 Å². The van der Waals surface area contributed by atoms with Crippen LogP contribution in [0.15, 0.2) is 59.3 Å². The van der Waals surface area contributed by atoms with Gasteiger partial charge in [0.2, 0.25) is 4.77 Å². The summed E-state index contributed by atoms with van der Waals surface area (Å²) in [6.07, 6.45) is 3.40. The summed E-state index contributed by atoms with van der Waals surface area (Å²) in [6, 6.07) is 12.7. The molecule has 27 heavy (non-hydrogen) atoms. The van der Waals surface area contributed by atoms with Crippen molar-refractivity contribution in [2.24, 2.45) is 0 Å². The summed E-state index contributed by atoms with van der Waals surface area (Å²) in [4.78, 5) is 4.02. The predicted molar refractivity (Wildman–Crippen MR) is 108 cm³/mol. The molecule has 3 heterocycles. The molecule has 2 N–H and O–H groups in total. The Kier molecular flexibility index (Phi) is 4.98. The molecule has 0 spiro atoms. The molecule has 4 aromatic rings. The molecule has 0 aliphatic rings. The number of H-pyrrole nitrogens is 1. The smallest absolute Gasteiger partial charge is 0.214 e. The van der Waals surface area contributed by atoms with Crippen LogP contribution in [0.5, 0.6) is 0 Å². The van der Waals surface area contributed by atoms with E-state index in [1.165, 1.54) is 0 Å². The van der Waals surface area contributed by atoms with Gasteiger partial charge in [0.25, 0.3) is 0 Å². The van der Waals surface area contributed by atoms with Crippen LogP contribution in [0.25, 0.3) is 22.7 Å². The highest BCUT2D eigenvalue weighted by atomic mass is 35.5. The third-order valence-electron chi connectivity index (χ3n) is 3.88. The zero-order valence-corrected chi connectivity index (χ0v) is 16.1. The van der Waals surface area contributed by atoms with Crippen LogP contribution in [0.3, 0.4) is 0 Å². The van der Waals surface area contributed by atoms with Crippen molar-refractivity contribution in [1.82, 2.24) is 19.9 Å². The van der Waals surface area contributed by atoms with Gasteiger partial charge in [0.15, 0.2) is 5.82 Å². The molecular formula is C18H13Cl2N5OS. The third-order valence-corrected chi connectivity index (χ3v) is 4.70. The Morgan fingerprint density at radius 3 is 2.70 bits per heavy atom. The van der Waals surface area contributed by atoms with Gasteiger partial charge in [-0.1, -0.05) is 23.2 Å². The van der Waals surface area contributed by atoms with E-state index >= 15 is 0 Å². The molecule has 3 aromatic heterocycles. The van der Waals surface area contributed by atoms with Crippen molar-refractivity contribution < 1.29 is 4.42 Å². The van der Waals surface area contributed by atoms with Gasteiger partial charge in [0.1, 0.15) is 11.5 Å². The molecule has 4 rings (SSSR count). The molecule has 9 heteroatoms. The van der Waals surface area contributed by atoms with Crippen LogP contribution in [0.2, 0.25) is 10.0 Å². The third kappa shape index (κ3) is 3.75. The highest BCUT2D eigenvalue weighted by molar-refractivity contribution is 7.71. The van der Waals surface area contributed by atoms with Crippen molar-refractivity contribution in [3.05, 3.63) is 75.4 Å². The number of hydrogen-bond acceptors (Lipinski definition) is 5. The van der Waals surface area contributed by atoms with Gasteiger partial charge in [-0.15, -0.1) is 0 Å². The molecular weight excluding hydrogens is 405 g/mol. The minimum absolute atomic E-state index is 0.414. The van der Waals surface area contributed by atoms with Crippen LogP contribution < -0.4 is 5.43 Å². The summed E-state index contributed by atoms with van der Waals surface area (Å²) in [7, 11) is 0. The number of hydrogen-bond donors (Lipinski definition) is 2. The molecule has 0 bridgehead atoms. The van der Waals surface area contributed by atoms with Crippen molar-refractivity contribution in [3.8, 4) is 22.7 Å². The number of nitrogens with one attached hydrogen (secondary N) is 2. The number of furan rings is 1. The van der Waals surface area contributed by atoms with Gasteiger partial charge in [0.05, 0.1) is 11.6 Å². The molecule has 0 fully saturated rings. The first kappa shape index (κ1) is 17.8. The Balaban J connectivity index is 1.55. The second-order valence-electron chi connectivity index (χ2n) is 5.65. The van der Waals surface area contributed by atoms with Gasteiger partial charge in [0, 0.05) is 28.5 Å². The highest BCUT2D eigenvalue weighted by Gasteiger charge is 2.11. The molecule has 0 atom stereocenters. The molecule has 0 saturated carbocycles. The van der Waals surface area contributed by atoms with Gasteiger partial charge >= 0.3 is 0 Å². The van der Waals surface area contributed by atoms with E-state index < -0.39 is 0 Å². The normalized spacial score (nSPS) is 10.9. The lowest BCUT2D eigenvalue weighted by Gasteiger charge is -2.08. The molecule has 0 unspecified atom stereocenters. The van der Waals surface area contributed by atoms with E-state index in [2.05, 4.69) is 20.6 Å². The van der Waals surface area contributed by atoms with Crippen LogP contribution in [0.1, 0.15) is 5.76 Å². The van der Waals surface area contributed by atoms with Crippen molar-refractivity contribution >= 4 is 35.4 Å². The summed E-state index contributed by atoms with van der Waals surface area (Å²) < 4.78 is 8.05. The summed E-state index contributed by atoms with van der Waals surface area (Å²) in [5.41, 5.74) is 4.88. The number of pyridine rings is 1. The number of benzene rings is 1. The van der Waals surface area contributed by atoms with E-state index in [0.29, 0.717) is 32.9 Å². The number of nitrogens with zero attached hydrogens (tertiary/aromatic N) is 3. The van der Waals surface area contributed by atoms with Crippen LogP contribution in [-0.4, -0.2) is 19.9 Å². The zero-order valence-electron chi connectivity index (χ0n) is 13.8. The lowest BCUT2D eigenvalue weighted by Crippen LogP contribution is -2.15. The fourth-order valence-electron chi connectivity index (χ4n) is 2.60. The fourth-order valence-corrected chi connectivity index (χ4v) is 3.30. The van der Waals surface area contributed by atoms with Gasteiger partial charge < -0.3 is 9.84 Å². The predicted octanol–water partition coefficient (Wildman–Crippen LogP) is 5.31. The molecule has 0 aliphatic carbocycles. The Hall–Kier alpha value is -2.61. The molecule has 0 radical (unpaired) electrons. The number of halogens is 2. The lowest BCUT2D eigenvalue weighted by molar-refractivity contribution is 0.523. The molecule has 0 aliphatic heterocycles. The Labute approximate surface area is 169 Å². The van der Waals surface area contributed by atoms with Crippen molar-refractivity contribution in [3.63, 3.8) is 0 Å². The molecule has 0 saturated heterocycles. The summed E-state index contributed by atoms with van der Waals surface area (Å²) in [5.74, 6) is 2.05. The maximum absolute atomic E-state index is 6.25. The zero-order chi connectivity index (χ0) is 18.8. The Morgan fingerprint density at radius 1 is 1.11 bits per heavy atom. The SMILES string of the molecule is S=c1[nH]nc(-c2ccncc2)n1NCc1ccc(-c2ccc(Cl)cc2Cl)o1. The van der Waals surface area contributed by atoms with Gasteiger partial charge in [-0.25, -0.2) is 9.77 Å². The minimum Gasteiger partial charge on any atom is -0.459 e. The van der Waals surface area contributed by atoms with E-state index in [-0.39, 0.29) is 0 Å². The molecule has 1 aromatic carbocycles. The summed E-state index contributed by atoms with van der Waals surface area (Å²) in [6.45, 7) is 0.414. The van der Waals surface area contributed by atoms with E-state index in [0.717, 1.165) is 16.9 Å². The van der Waals surface area contributed by atoms with E-state index in [1.807, 2.05) is 30.3 Å². The van der Waals surface area contributed by atoms with Gasteiger partial charge in [-0.2, -0.15) is 5.10 Å². The average molecular weight is 418 g/mol. The Bertz CT molecular complexity index is 1140. The summed E-state index contributed by atoms with van der Waals surface area (Å²) in [5, 5.41) is 8.17. The van der Waals surface area contributed by atoms with Crippen molar-refractivity contribution in [2.45, 2.75) is 6.54 Å². The van der Waals surface area contributed by atoms with E-state index in [9.17, 15) is 0 Å². The second-order valence-corrected chi connectivity index (χ2v) is 6.88. The van der Waals surface area contributed by atoms with Crippen LogP contribution in [-0.2, 0) is 6.54 Å². The largest absolute Gasteiger partial charge is 0.459 e. The van der Waals surface area contributed by atoms with Crippen LogP contribution in [0.4, 0.5) is 0 Å². The highest BCUT2D eigenvalue weighted by Crippen LogP contribution is 2.31. The van der Waals surface area contributed by atoms with Gasteiger partial charge in [-0.3, -0.25) is 4.98 Å². The minimum atomic E-state index is 0.414. The number of aromatic nitrogens is 4. The first-order chi connectivity index (χ1) is 13.1. The lowest BCUT2D eigenvalue weighted by atomic mass is 10.2. The monoisotopic (exact) mass is 417 g/mol. The van der Waals surface area contributed by atoms with Crippen molar-refractivity contribution in [1.29, 1.82) is 0 Å². The topological polar surface area (TPSA) is 71.7 Å². The Morgan fingerprint density at radius 2 is 1.93 bits per heavy atom. The second kappa shape index (κ2) is 7.56. The number of rotatable bonds is 5. The fraction of sp³-hybridized carbons (Fsp3) is 0.0556. The summed E-state index contributed by atoms with van der Waals surface area (Å²) >= 11 is 17.5. The van der Waals surface area contributed by atoms with E-state index in [1.54, 1.807) is 29.2 Å². The maximum Gasteiger partial charge on any atom is 0.214 e. The standard InChI is InChI=1S/C18H13Cl2N5OS/c19-12-1-3-14(15(20)9-12)16-4-2-13(26-16)10-22-25-17(23-24-18(25)27)11-5-7-21-8-6-11/h1-9,22H,10H2,(H,24,27). The first-order valence-corrected chi connectivity index (χ1v) is 9.14. The van der Waals surface area contributed by atoms with E-state index in [4.69, 9.17) is 39.8 Å². The average Bonchev–Trinajstić information content (AvgIpc) is 3.27. The maximum atomic E-state index is 6.25. The number of aromatic amines is 1. The molecule has 6 nitrogen and oxygen atoms in total. The molecule has 0 amide bonds. The quantitative estimate of drug-likeness (QED) is 0.430. The van der Waals surface area contributed by atoms with Crippen LogP contribution in [0, 0.1) is 4.77 Å². The van der Waals surface area contributed by atoms with Crippen molar-refractivity contribution in [2.75, 3.05) is 5.43 Å². The first-order valence-electron chi connectivity index (χ1n) is 7.97.